The summed E-state index contributed by atoms with van der Waals surface area (Å²) in [4.78, 5) is 21.4. The first-order valence-electron chi connectivity index (χ1n) is 12.8. The van der Waals surface area contributed by atoms with E-state index in [0.717, 1.165) is 56.0 Å². The molecule has 36 heavy (non-hydrogen) atoms. The quantitative estimate of drug-likeness (QED) is 0.242. The summed E-state index contributed by atoms with van der Waals surface area (Å²) in [6.07, 6.45) is 10.4. The van der Waals surface area contributed by atoms with E-state index in [4.69, 9.17) is 0 Å². The zero-order valence-corrected chi connectivity index (χ0v) is 24.2. The molecule has 5 nitrogen and oxygen atoms in total. The van der Waals surface area contributed by atoms with Crippen LogP contribution < -0.4 is 10.9 Å². The number of allylic oxidation sites excluding steroid dienone is 2. The number of nitrogens with one attached hydrogen (secondary N) is 1. The highest BCUT2D eigenvalue weighted by Crippen LogP contribution is 2.38. The second kappa shape index (κ2) is 15.8. The minimum atomic E-state index is 0.114. The fraction of sp³-hybridized carbons (Fsp3) is 0.448. The van der Waals surface area contributed by atoms with Gasteiger partial charge in [-0.1, -0.05) is 62.9 Å². The van der Waals surface area contributed by atoms with E-state index in [1.54, 1.807) is 40.1 Å². The van der Waals surface area contributed by atoms with Gasteiger partial charge in [0.25, 0.3) is 5.56 Å². The van der Waals surface area contributed by atoms with Gasteiger partial charge in [-0.3, -0.25) is 9.36 Å². The number of thioether (sulfide) groups is 1. The zero-order chi connectivity index (χ0) is 26.5. The summed E-state index contributed by atoms with van der Waals surface area (Å²) >= 11 is 3.40. The molecule has 2 aromatic heterocycles. The molecule has 0 saturated carbocycles. The van der Waals surface area contributed by atoms with Crippen LogP contribution in [0.1, 0.15) is 57.2 Å². The Morgan fingerprint density at radius 1 is 1.28 bits per heavy atom. The number of fused-ring (bicyclic) bond motifs is 1. The second-order valence-electron chi connectivity index (χ2n) is 8.46. The molecule has 4 rings (SSSR count). The van der Waals surface area contributed by atoms with Gasteiger partial charge in [-0.25, -0.2) is 4.98 Å². The fourth-order valence-corrected chi connectivity index (χ4v) is 6.19. The molecule has 4 heterocycles. The van der Waals surface area contributed by atoms with Crippen molar-refractivity contribution in [1.29, 1.82) is 0 Å². The Morgan fingerprint density at radius 3 is 2.72 bits per heavy atom. The third kappa shape index (κ3) is 7.90. The molecule has 2 aliphatic rings. The maximum atomic E-state index is 13.0. The third-order valence-electron chi connectivity index (χ3n) is 5.97. The Balaban J connectivity index is 0.000000850. The SMILES string of the molecule is C=CC.C=Cc1cscc1/C(=C/CNCCn1cnc2c(c1=O)CC1=C(CN(C)CC1)S2)CC.CC. The first-order chi connectivity index (χ1) is 17.5. The third-order valence-corrected chi connectivity index (χ3v) is 7.94. The Labute approximate surface area is 225 Å². The van der Waals surface area contributed by atoms with Crippen LogP contribution in [0.3, 0.4) is 0 Å². The Morgan fingerprint density at radius 2 is 2.03 bits per heavy atom. The number of nitrogens with zero attached hydrogens (tertiary/aromatic N) is 3. The first-order valence-corrected chi connectivity index (χ1v) is 14.6. The zero-order valence-electron chi connectivity index (χ0n) is 22.6. The molecule has 0 aromatic carbocycles. The molecule has 0 atom stereocenters. The molecule has 0 spiro atoms. The van der Waals surface area contributed by atoms with E-state index < -0.39 is 0 Å². The van der Waals surface area contributed by atoms with E-state index in [9.17, 15) is 4.79 Å². The molecule has 0 amide bonds. The smallest absolute Gasteiger partial charge is 0.258 e. The van der Waals surface area contributed by atoms with Gasteiger partial charge in [0.1, 0.15) is 5.03 Å². The predicted octanol–water partition coefficient (Wildman–Crippen LogP) is 6.49. The van der Waals surface area contributed by atoms with E-state index in [-0.39, 0.29) is 5.56 Å². The highest BCUT2D eigenvalue weighted by Gasteiger charge is 2.26. The van der Waals surface area contributed by atoms with Crippen LogP contribution >= 0.6 is 23.1 Å². The summed E-state index contributed by atoms with van der Waals surface area (Å²) < 4.78 is 1.76. The predicted molar refractivity (Wildman–Crippen MR) is 160 cm³/mol. The summed E-state index contributed by atoms with van der Waals surface area (Å²) in [5.74, 6) is 0. The summed E-state index contributed by atoms with van der Waals surface area (Å²) in [5, 5.41) is 8.67. The summed E-state index contributed by atoms with van der Waals surface area (Å²) in [6.45, 7) is 19.5. The van der Waals surface area contributed by atoms with Gasteiger partial charge in [0.05, 0.1) is 11.9 Å². The van der Waals surface area contributed by atoms with Crippen LogP contribution in [0.5, 0.6) is 0 Å². The number of hydrogen-bond donors (Lipinski definition) is 1. The van der Waals surface area contributed by atoms with Crippen molar-refractivity contribution in [3.63, 3.8) is 0 Å². The number of rotatable bonds is 8. The van der Waals surface area contributed by atoms with E-state index in [1.165, 1.54) is 27.2 Å². The van der Waals surface area contributed by atoms with E-state index >= 15 is 0 Å². The summed E-state index contributed by atoms with van der Waals surface area (Å²) in [7, 11) is 2.15. The van der Waals surface area contributed by atoms with Gasteiger partial charge in [-0.2, -0.15) is 11.3 Å². The number of likely N-dealkylation sites (N-methyl/N-ethyl adjacent to an activating group) is 1. The van der Waals surface area contributed by atoms with Crippen molar-refractivity contribution in [3.8, 4) is 0 Å². The lowest BCUT2D eigenvalue weighted by molar-refractivity contribution is 0.353. The topological polar surface area (TPSA) is 50.2 Å². The van der Waals surface area contributed by atoms with E-state index in [2.05, 4.69) is 59.2 Å². The van der Waals surface area contributed by atoms with Crippen molar-refractivity contribution in [2.75, 3.05) is 33.2 Å². The molecule has 0 radical (unpaired) electrons. The minimum Gasteiger partial charge on any atom is -0.311 e. The molecule has 0 aliphatic carbocycles. The molecule has 7 heteroatoms. The molecular formula is C29H42N4OS2. The highest BCUT2D eigenvalue weighted by molar-refractivity contribution is 8.03. The van der Waals surface area contributed by atoms with Crippen LogP contribution in [0.4, 0.5) is 0 Å². The van der Waals surface area contributed by atoms with Crippen LogP contribution in [0.25, 0.3) is 11.6 Å². The largest absolute Gasteiger partial charge is 0.311 e. The molecule has 0 fully saturated rings. The standard InChI is InChI=1S/C24H30N4OS2.C3H6.C2H6/c1-4-17(21-15-30-14-18(21)5-2)6-8-25-9-11-28-16-26-23-20(24(28)29)12-19-7-10-27(3)13-22(19)31-23;1-3-2;1-2/h5-6,14-16,25H,2,4,7-13H2,1,3H3;3H,1H2,2H3;1-2H3/b17-6+;;. The minimum absolute atomic E-state index is 0.114. The lowest BCUT2D eigenvalue weighted by atomic mass is 10.0. The molecule has 0 bridgehead atoms. The Hall–Kier alpha value is -2.19. The van der Waals surface area contributed by atoms with Crippen molar-refractivity contribution in [2.24, 2.45) is 0 Å². The van der Waals surface area contributed by atoms with Gasteiger partial charge < -0.3 is 10.2 Å². The van der Waals surface area contributed by atoms with Crippen molar-refractivity contribution < 1.29 is 0 Å². The van der Waals surface area contributed by atoms with Crippen molar-refractivity contribution in [3.05, 3.63) is 79.9 Å². The van der Waals surface area contributed by atoms with Crippen LogP contribution in [-0.2, 0) is 13.0 Å². The lowest BCUT2D eigenvalue weighted by Gasteiger charge is -2.30. The van der Waals surface area contributed by atoms with Gasteiger partial charge in [0, 0.05) is 44.0 Å². The second-order valence-corrected chi connectivity index (χ2v) is 10.3. The Kier molecular flexibility index (Phi) is 13.2. The van der Waals surface area contributed by atoms with E-state index in [0.29, 0.717) is 6.54 Å². The summed E-state index contributed by atoms with van der Waals surface area (Å²) in [5.41, 5.74) is 6.22. The molecule has 1 N–H and O–H groups in total. The maximum absolute atomic E-state index is 13.0. The highest BCUT2D eigenvalue weighted by atomic mass is 32.2. The molecule has 2 aromatic rings. The maximum Gasteiger partial charge on any atom is 0.258 e. The first kappa shape index (κ1) is 30.0. The van der Waals surface area contributed by atoms with Crippen LogP contribution in [0.2, 0.25) is 0 Å². The van der Waals surface area contributed by atoms with Gasteiger partial charge >= 0.3 is 0 Å². The van der Waals surface area contributed by atoms with Crippen molar-refractivity contribution in [2.45, 2.75) is 58.5 Å². The lowest BCUT2D eigenvalue weighted by Crippen LogP contribution is -2.33. The van der Waals surface area contributed by atoms with Gasteiger partial charge in [-0.15, -0.1) is 6.58 Å². The van der Waals surface area contributed by atoms with Crippen molar-refractivity contribution in [1.82, 2.24) is 19.8 Å². The monoisotopic (exact) mass is 526 g/mol. The number of aromatic nitrogens is 2. The van der Waals surface area contributed by atoms with Gasteiger partial charge in [0.2, 0.25) is 0 Å². The molecule has 0 unspecified atom stereocenters. The van der Waals surface area contributed by atoms with E-state index in [1.807, 2.05) is 26.8 Å². The molecule has 196 valence electrons. The van der Waals surface area contributed by atoms with Crippen LogP contribution in [-0.4, -0.2) is 47.7 Å². The normalized spacial score (nSPS) is 15.1. The number of thiophene rings is 1. The average molecular weight is 527 g/mol. The molecule has 2 aliphatic heterocycles. The van der Waals surface area contributed by atoms with Crippen molar-refractivity contribution >= 4 is 34.7 Å². The average Bonchev–Trinajstić information content (AvgIpc) is 3.37. The molecular weight excluding hydrogens is 484 g/mol. The van der Waals surface area contributed by atoms with Crippen LogP contribution in [0, 0.1) is 0 Å². The number of hydrogen-bond acceptors (Lipinski definition) is 6. The van der Waals surface area contributed by atoms with Gasteiger partial charge in [0.15, 0.2) is 0 Å². The van der Waals surface area contributed by atoms with Gasteiger partial charge in [-0.05, 0) is 54.3 Å². The van der Waals surface area contributed by atoms with Crippen LogP contribution in [0.15, 0.2) is 62.7 Å². The Bertz CT molecular complexity index is 1130. The summed E-state index contributed by atoms with van der Waals surface area (Å²) in [6, 6.07) is 0. The molecule has 0 saturated heterocycles. The fourth-order valence-electron chi connectivity index (χ4n) is 4.11.